The van der Waals surface area contributed by atoms with Gasteiger partial charge in [-0.15, -0.1) is 0 Å². The van der Waals surface area contributed by atoms with E-state index < -0.39 is 29.9 Å². The largest absolute Gasteiger partial charge is 0.386 e. The lowest BCUT2D eigenvalue weighted by Crippen LogP contribution is -2.23. The Morgan fingerprint density at radius 1 is 0.811 bits per heavy atom. The molecule has 2 aromatic rings. The lowest BCUT2D eigenvalue weighted by molar-refractivity contribution is -0.249. The molecule has 0 aliphatic heterocycles. The molecule has 0 atom stereocenters. The van der Waals surface area contributed by atoms with E-state index in [1.807, 2.05) is 0 Å². The minimum atomic E-state index is -3.99. The molecule has 1 fully saturated rings. The Bertz CT molecular complexity index is 982. The standard InChI is InChI=1S/C31H41F5O/c1-3-5-7-9-22-11-14-24(15-12-22)26-17-18-27(30(34)29(26)33)31(35,36)37-20-19-23-13-16-25(28(32)21-23)10-8-6-4-2/h13,16-18,21-22,24H,3-12,14-15,19-20H2,1-2H3/t22-,24-. The number of rotatable bonds is 14. The van der Waals surface area contributed by atoms with Crippen LogP contribution >= 0.6 is 0 Å². The highest BCUT2D eigenvalue weighted by Gasteiger charge is 2.38. The summed E-state index contributed by atoms with van der Waals surface area (Å²) < 4.78 is 78.0. The van der Waals surface area contributed by atoms with Crippen molar-refractivity contribution < 1.29 is 26.7 Å². The predicted octanol–water partition coefficient (Wildman–Crippen LogP) is 10.00. The predicted molar refractivity (Wildman–Crippen MR) is 138 cm³/mol. The van der Waals surface area contributed by atoms with Crippen molar-refractivity contribution in [3.63, 3.8) is 0 Å². The zero-order valence-corrected chi connectivity index (χ0v) is 22.2. The zero-order valence-electron chi connectivity index (χ0n) is 22.2. The van der Waals surface area contributed by atoms with Crippen molar-refractivity contribution in [2.75, 3.05) is 6.61 Å². The Balaban J connectivity index is 1.56. The Labute approximate surface area is 218 Å². The van der Waals surface area contributed by atoms with Crippen molar-refractivity contribution >= 4 is 0 Å². The van der Waals surface area contributed by atoms with Gasteiger partial charge in [0, 0.05) is 0 Å². The van der Waals surface area contributed by atoms with Crippen LogP contribution in [-0.2, 0) is 23.7 Å². The van der Waals surface area contributed by atoms with Crippen molar-refractivity contribution in [2.45, 2.75) is 109 Å². The quantitative estimate of drug-likeness (QED) is 0.176. The fourth-order valence-corrected chi connectivity index (χ4v) is 5.44. The summed E-state index contributed by atoms with van der Waals surface area (Å²) in [5.74, 6) is -2.65. The molecule has 206 valence electrons. The number of hydrogen-bond donors (Lipinski definition) is 0. The topological polar surface area (TPSA) is 9.23 Å². The van der Waals surface area contributed by atoms with E-state index in [0.717, 1.165) is 57.4 Å². The van der Waals surface area contributed by atoms with Gasteiger partial charge in [0.15, 0.2) is 11.6 Å². The lowest BCUT2D eigenvalue weighted by Gasteiger charge is -2.29. The summed E-state index contributed by atoms with van der Waals surface area (Å²) in [6.45, 7) is 3.79. The fourth-order valence-electron chi connectivity index (χ4n) is 5.44. The molecule has 0 heterocycles. The number of aryl methyl sites for hydroxylation is 1. The van der Waals surface area contributed by atoms with Gasteiger partial charge in [-0.1, -0.05) is 70.6 Å². The molecule has 0 spiro atoms. The smallest absolute Gasteiger partial charge is 0.316 e. The second-order valence-corrected chi connectivity index (χ2v) is 10.5. The molecule has 3 rings (SSSR count). The first-order valence-electron chi connectivity index (χ1n) is 14.0. The SMILES string of the molecule is CCCCCc1ccc(CCOC(F)(F)c2ccc([C@H]3CC[C@H](CCCCC)CC3)c(F)c2F)cc1F. The number of halogens is 5. The van der Waals surface area contributed by atoms with Crippen LogP contribution in [0.25, 0.3) is 0 Å². The van der Waals surface area contributed by atoms with Gasteiger partial charge in [-0.3, -0.25) is 0 Å². The highest BCUT2D eigenvalue weighted by molar-refractivity contribution is 5.31. The number of unbranched alkanes of at least 4 members (excludes halogenated alkanes) is 4. The highest BCUT2D eigenvalue weighted by atomic mass is 19.3. The van der Waals surface area contributed by atoms with E-state index in [0.29, 0.717) is 23.5 Å². The number of hydrogen-bond acceptors (Lipinski definition) is 1. The van der Waals surface area contributed by atoms with Crippen molar-refractivity contribution in [2.24, 2.45) is 5.92 Å². The van der Waals surface area contributed by atoms with Crippen molar-refractivity contribution in [1.82, 2.24) is 0 Å². The van der Waals surface area contributed by atoms with Crippen LogP contribution in [0, 0.1) is 23.4 Å². The third-order valence-electron chi connectivity index (χ3n) is 7.77. The zero-order chi connectivity index (χ0) is 26.8. The molecule has 37 heavy (non-hydrogen) atoms. The van der Waals surface area contributed by atoms with Gasteiger partial charge >= 0.3 is 6.11 Å². The second-order valence-electron chi connectivity index (χ2n) is 10.5. The minimum Gasteiger partial charge on any atom is -0.316 e. The third-order valence-corrected chi connectivity index (χ3v) is 7.77. The molecular formula is C31H41F5O. The Morgan fingerprint density at radius 3 is 2.19 bits per heavy atom. The molecule has 0 bridgehead atoms. The molecule has 1 saturated carbocycles. The first-order valence-corrected chi connectivity index (χ1v) is 14.0. The highest BCUT2D eigenvalue weighted by Crippen LogP contribution is 2.41. The van der Waals surface area contributed by atoms with Gasteiger partial charge in [-0.25, -0.2) is 13.2 Å². The molecule has 0 radical (unpaired) electrons. The van der Waals surface area contributed by atoms with Crippen LogP contribution in [0.4, 0.5) is 22.0 Å². The van der Waals surface area contributed by atoms with Crippen LogP contribution in [0.5, 0.6) is 0 Å². The summed E-state index contributed by atoms with van der Waals surface area (Å²) in [7, 11) is 0. The van der Waals surface area contributed by atoms with E-state index in [1.165, 1.54) is 31.4 Å². The number of alkyl halides is 2. The maximum absolute atomic E-state index is 14.9. The van der Waals surface area contributed by atoms with Crippen LogP contribution < -0.4 is 0 Å². The summed E-state index contributed by atoms with van der Waals surface area (Å²) in [6, 6.07) is 6.94. The lowest BCUT2D eigenvalue weighted by atomic mass is 9.76. The average Bonchev–Trinajstić information content (AvgIpc) is 2.87. The maximum Gasteiger partial charge on any atom is 0.386 e. The molecule has 0 saturated heterocycles. The molecule has 1 nitrogen and oxygen atoms in total. The molecular weight excluding hydrogens is 483 g/mol. The summed E-state index contributed by atoms with van der Waals surface area (Å²) in [6.07, 6.45) is 7.76. The number of ether oxygens (including phenoxy) is 1. The summed E-state index contributed by atoms with van der Waals surface area (Å²) in [5, 5.41) is 0. The van der Waals surface area contributed by atoms with Gasteiger partial charge in [-0.2, -0.15) is 8.78 Å². The van der Waals surface area contributed by atoms with E-state index in [-0.39, 0.29) is 23.7 Å². The summed E-state index contributed by atoms with van der Waals surface area (Å²) >= 11 is 0. The molecule has 0 unspecified atom stereocenters. The monoisotopic (exact) mass is 524 g/mol. The Hall–Kier alpha value is -1.95. The third kappa shape index (κ3) is 8.27. The molecule has 2 aromatic carbocycles. The molecule has 0 N–H and O–H groups in total. The molecule has 6 heteroatoms. The van der Waals surface area contributed by atoms with Crippen LogP contribution in [0.3, 0.4) is 0 Å². The average molecular weight is 525 g/mol. The van der Waals surface area contributed by atoms with Crippen LogP contribution in [-0.4, -0.2) is 6.61 Å². The molecule has 0 amide bonds. The van der Waals surface area contributed by atoms with Gasteiger partial charge < -0.3 is 4.74 Å². The minimum absolute atomic E-state index is 0.0332. The van der Waals surface area contributed by atoms with Gasteiger partial charge in [0.1, 0.15) is 5.82 Å². The van der Waals surface area contributed by atoms with Gasteiger partial charge in [-0.05, 0) is 85.6 Å². The molecule has 1 aliphatic carbocycles. The first kappa shape index (κ1) is 29.6. The normalized spacial score (nSPS) is 18.4. The Kier molecular flexibility index (Phi) is 11.4. The Morgan fingerprint density at radius 2 is 1.51 bits per heavy atom. The van der Waals surface area contributed by atoms with E-state index in [2.05, 4.69) is 18.6 Å². The van der Waals surface area contributed by atoms with Gasteiger partial charge in [0.2, 0.25) is 0 Å². The number of benzene rings is 2. The fraction of sp³-hybridized carbons (Fsp3) is 0.613. The van der Waals surface area contributed by atoms with Crippen LogP contribution in [0.1, 0.15) is 113 Å². The molecule has 0 aromatic heterocycles. The van der Waals surface area contributed by atoms with E-state index in [1.54, 1.807) is 12.1 Å². The van der Waals surface area contributed by atoms with Crippen LogP contribution in [0.2, 0.25) is 0 Å². The van der Waals surface area contributed by atoms with Gasteiger partial charge in [0.25, 0.3) is 0 Å². The van der Waals surface area contributed by atoms with Crippen molar-refractivity contribution in [3.8, 4) is 0 Å². The summed E-state index contributed by atoms with van der Waals surface area (Å²) in [4.78, 5) is 0. The van der Waals surface area contributed by atoms with Crippen molar-refractivity contribution in [1.29, 1.82) is 0 Å². The summed E-state index contributed by atoms with van der Waals surface area (Å²) in [5.41, 5.74) is 0.198. The van der Waals surface area contributed by atoms with E-state index >= 15 is 0 Å². The van der Waals surface area contributed by atoms with Crippen LogP contribution in [0.15, 0.2) is 30.3 Å². The van der Waals surface area contributed by atoms with Crippen molar-refractivity contribution in [3.05, 3.63) is 70.0 Å². The maximum atomic E-state index is 14.9. The second kappa shape index (κ2) is 14.3. The first-order chi connectivity index (χ1) is 17.8. The molecule has 1 aliphatic rings. The van der Waals surface area contributed by atoms with E-state index in [4.69, 9.17) is 0 Å². The van der Waals surface area contributed by atoms with E-state index in [9.17, 15) is 22.0 Å². The van der Waals surface area contributed by atoms with Gasteiger partial charge in [0.05, 0.1) is 12.2 Å².